The van der Waals surface area contributed by atoms with Crippen LogP contribution in [0.4, 0.5) is 0 Å². The molecular weight excluding hydrogens is 248 g/mol. The molecule has 0 fully saturated rings. The number of carboxylic acids is 1. The fourth-order valence-corrected chi connectivity index (χ4v) is 1.51. The first-order chi connectivity index (χ1) is 8.90. The number of hydrogen-bond donors (Lipinski definition) is 2. The van der Waals surface area contributed by atoms with Gasteiger partial charge in [0.25, 0.3) is 0 Å². The first-order valence-electron chi connectivity index (χ1n) is 6.16. The summed E-state index contributed by atoms with van der Waals surface area (Å²) in [6, 6.07) is 4.70. The summed E-state index contributed by atoms with van der Waals surface area (Å²) in [5.41, 5.74) is 0.869. The van der Waals surface area contributed by atoms with E-state index in [1.807, 2.05) is 13.8 Å². The lowest BCUT2D eigenvalue weighted by atomic mass is 10.1. The molecule has 1 aromatic carbocycles. The summed E-state index contributed by atoms with van der Waals surface area (Å²) in [6.45, 7) is 5.81. The lowest BCUT2D eigenvalue weighted by Gasteiger charge is -2.15. The number of aliphatic hydroxyl groups excluding tert-OH is 1. The minimum absolute atomic E-state index is 0.0618. The van der Waals surface area contributed by atoms with Gasteiger partial charge in [-0.3, -0.25) is 0 Å². The fraction of sp³-hybridized carbons (Fsp3) is 0.500. The molecule has 19 heavy (non-hydrogen) atoms. The van der Waals surface area contributed by atoms with Gasteiger partial charge in [-0.1, -0.05) is 0 Å². The lowest BCUT2D eigenvalue weighted by molar-refractivity contribution is -0.0122. The molecule has 0 radical (unpaired) electrons. The quantitative estimate of drug-likeness (QED) is 0.789. The number of benzene rings is 1. The smallest absolute Gasteiger partial charge is 0.335 e. The van der Waals surface area contributed by atoms with Crippen LogP contribution in [-0.4, -0.2) is 41.6 Å². The van der Waals surface area contributed by atoms with E-state index in [-0.39, 0.29) is 24.9 Å². The molecule has 0 aromatic heterocycles. The van der Waals surface area contributed by atoms with Crippen LogP contribution < -0.4 is 4.74 Å². The van der Waals surface area contributed by atoms with Crippen molar-refractivity contribution >= 4 is 5.97 Å². The predicted octanol–water partition coefficient (Wildman–Crippen LogP) is 1.86. The van der Waals surface area contributed by atoms with Gasteiger partial charge in [0.15, 0.2) is 0 Å². The maximum absolute atomic E-state index is 10.9. The number of hydrogen-bond acceptors (Lipinski definition) is 4. The van der Waals surface area contributed by atoms with E-state index in [4.69, 9.17) is 14.6 Å². The van der Waals surface area contributed by atoms with Gasteiger partial charge in [-0.25, -0.2) is 4.79 Å². The molecule has 0 aliphatic heterocycles. The van der Waals surface area contributed by atoms with Crippen molar-refractivity contribution in [3.8, 4) is 5.75 Å². The number of carbonyl (C=O) groups is 1. The molecule has 0 saturated heterocycles. The highest BCUT2D eigenvalue weighted by atomic mass is 16.5. The summed E-state index contributed by atoms with van der Waals surface area (Å²) in [5, 5.41) is 18.5. The molecule has 5 heteroatoms. The number of carboxylic acid groups (broad SMARTS) is 1. The van der Waals surface area contributed by atoms with Crippen molar-refractivity contribution in [2.24, 2.45) is 0 Å². The second-order valence-corrected chi connectivity index (χ2v) is 4.63. The Bertz CT molecular complexity index is 428. The van der Waals surface area contributed by atoms with Crippen LogP contribution >= 0.6 is 0 Å². The summed E-state index contributed by atoms with van der Waals surface area (Å²) >= 11 is 0. The van der Waals surface area contributed by atoms with Gasteiger partial charge in [0, 0.05) is 0 Å². The molecule has 5 nitrogen and oxygen atoms in total. The molecule has 1 unspecified atom stereocenters. The van der Waals surface area contributed by atoms with Crippen molar-refractivity contribution < 1.29 is 24.5 Å². The maximum atomic E-state index is 10.9. The molecule has 0 bridgehead atoms. The Labute approximate surface area is 112 Å². The van der Waals surface area contributed by atoms with E-state index in [1.54, 1.807) is 19.1 Å². The Morgan fingerprint density at radius 1 is 1.32 bits per heavy atom. The molecule has 0 amide bonds. The maximum Gasteiger partial charge on any atom is 0.335 e. The van der Waals surface area contributed by atoms with Gasteiger partial charge >= 0.3 is 5.97 Å². The van der Waals surface area contributed by atoms with Gasteiger partial charge in [0.1, 0.15) is 18.5 Å². The van der Waals surface area contributed by atoms with Crippen molar-refractivity contribution in [1.29, 1.82) is 0 Å². The second kappa shape index (κ2) is 7.11. The van der Waals surface area contributed by atoms with Gasteiger partial charge in [-0.2, -0.15) is 0 Å². The first kappa shape index (κ1) is 15.5. The number of aromatic carboxylic acids is 1. The topological polar surface area (TPSA) is 76.0 Å². The van der Waals surface area contributed by atoms with Crippen LogP contribution in [0.2, 0.25) is 0 Å². The highest BCUT2D eigenvalue weighted by Crippen LogP contribution is 2.17. The minimum Gasteiger partial charge on any atom is -0.491 e. The summed E-state index contributed by atoms with van der Waals surface area (Å²) < 4.78 is 10.7. The average Bonchev–Trinajstić information content (AvgIpc) is 2.33. The molecule has 0 aliphatic rings. The van der Waals surface area contributed by atoms with Crippen LogP contribution in [0.1, 0.15) is 29.8 Å². The lowest BCUT2D eigenvalue weighted by Crippen LogP contribution is -2.25. The van der Waals surface area contributed by atoms with Crippen LogP contribution in [0.25, 0.3) is 0 Å². The molecule has 1 aromatic rings. The molecule has 106 valence electrons. The number of aryl methyl sites for hydroxylation is 1. The molecular formula is C14H20O5. The van der Waals surface area contributed by atoms with E-state index in [2.05, 4.69) is 0 Å². The van der Waals surface area contributed by atoms with Crippen LogP contribution in [-0.2, 0) is 4.74 Å². The molecule has 2 N–H and O–H groups in total. The first-order valence-corrected chi connectivity index (χ1v) is 6.16. The van der Waals surface area contributed by atoms with Crippen molar-refractivity contribution in [3.63, 3.8) is 0 Å². The Morgan fingerprint density at radius 2 is 2.00 bits per heavy atom. The third-order valence-electron chi connectivity index (χ3n) is 2.49. The van der Waals surface area contributed by atoms with Gasteiger partial charge in [0.05, 0.1) is 18.3 Å². The largest absolute Gasteiger partial charge is 0.491 e. The van der Waals surface area contributed by atoms with E-state index in [0.29, 0.717) is 11.3 Å². The van der Waals surface area contributed by atoms with E-state index >= 15 is 0 Å². The zero-order valence-corrected chi connectivity index (χ0v) is 11.4. The van der Waals surface area contributed by atoms with Crippen molar-refractivity contribution in [2.45, 2.75) is 33.0 Å². The second-order valence-electron chi connectivity index (χ2n) is 4.63. The Balaban J connectivity index is 2.50. The molecule has 0 saturated carbocycles. The molecule has 0 heterocycles. The highest BCUT2D eigenvalue weighted by molar-refractivity contribution is 5.89. The zero-order chi connectivity index (χ0) is 14.4. The van der Waals surface area contributed by atoms with Crippen LogP contribution in [0, 0.1) is 6.92 Å². The average molecular weight is 268 g/mol. The molecule has 0 aliphatic carbocycles. The monoisotopic (exact) mass is 268 g/mol. The van der Waals surface area contributed by atoms with Gasteiger partial charge in [-0.05, 0) is 44.5 Å². The predicted molar refractivity (Wildman–Crippen MR) is 70.7 cm³/mol. The highest BCUT2D eigenvalue weighted by Gasteiger charge is 2.10. The fourth-order valence-electron chi connectivity index (χ4n) is 1.51. The molecule has 1 rings (SSSR count). The van der Waals surface area contributed by atoms with E-state index in [0.717, 1.165) is 0 Å². The van der Waals surface area contributed by atoms with E-state index in [9.17, 15) is 9.90 Å². The standard InChI is InChI=1S/C14H20O5/c1-9(2)18-7-11(15)8-19-12-4-5-13(14(16)17)10(3)6-12/h4-6,9,11,15H,7-8H2,1-3H3,(H,16,17). The third-order valence-corrected chi connectivity index (χ3v) is 2.49. The van der Waals surface area contributed by atoms with Gasteiger partial charge in [-0.15, -0.1) is 0 Å². The minimum atomic E-state index is -0.964. The summed E-state index contributed by atoms with van der Waals surface area (Å²) in [5.74, 6) is -0.430. The van der Waals surface area contributed by atoms with Crippen molar-refractivity contribution in [2.75, 3.05) is 13.2 Å². The van der Waals surface area contributed by atoms with Gasteiger partial charge < -0.3 is 19.7 Å². The number of ether oxygens (including phenoxy) is 2. The van der Waals surface area contributed by atoms with E-state index < -0.39 is 12.1 Å². The number of rotatable bonds is 7. The Kier molecular flexibility index (Phi) is 5.79. The van der Waals surface area contributed by atoms with Crippen molar-refractivity contribution in [3.05, 3.63) is 29.3 Å². The third kappa shape index (κ3) is 5.28. The Morgan fingerprint density at radius 3 is 2.53 bits per heavy atom. The molecule has 1 atom stereocenters. The summed E-state index contributed by atoms with van der Waals surface area (Å²) in [4.78, 5) is 10.9. The van der Waals surface area contributed by atoms with E-state index in [1.165, 1.54) is 6.07 Å². The number of aliphatic hydroxyl groups is 1. The Hall–Kier alpha value is -1.59. The van der Waals surface area contributed by atoms with Gasteiger partial charge in [0.2, 0.25) is 0 Å². The molecule has 0 spiro atoms. The normalized spacial score (nSPS) is 12.5. The van der Waals surface area contributed by atoms with Crippen LogP contribution in [0.15, 0.2) is 18.2 Å². The van der Waals surface area contributed by atoms with Crippen molar-refractivity contribution in [1.82, 2.24) is 0 Å². The zero-order valence-electron chi connectivity index (χ0n) is 11.4. The SMILES string of the molecule is Cc1cc(OCC(O)COC(C)C)ccc1C(=O)O. The van der Waals surface area contributed by atoms with Crippen LogP contribution in [0.3, 0.4) is 0 Å². The summed E-state index contributed by atoms with van der Waals surface area (Å²) in [7, 11) is 0. The summed E-state index contributed by atoms with van der Waals surface area (Å²) in [6.07, 6.45) is -0.645. The van der Waals surface area contributed by atoms with Crippen LogP contribution in [0.5, 0.6) is 5.75 Å².